The largest absolute Gasteiger partial charge is 0.397 e. The van der Waals surface area contributed by atoms with Crippen molar-refractivity contribution in [3.8, 4) is 0 Å². The highest BCUT2D eigenvalue weighted by molar-refractivity contribution is 7.21. The Hall–Kier alpha value is -2.84. The van der Waals surface area contributed by atoms with E-state index in [1.165, 1.54) is 22.6 Å². The quantitative estimate of drug-likeness (QED) is 0.466. The molecule has 1 saturated heterocycles. The number of nitrogens with zero attached hydrogens (tertiary/aromatic N) is 2. The van der Waals surface area contributed by atoms with Gasteiger partial charge >= 0.3 is 0 Å². The summed E-state index contributed by atoms with van der Waals surface area (Å²) in [5, 5.41) is 10.4. The molecule has 0 spiro atoms. The molecule has 1 aliphatic heterocycles. The van der Waals surface area contributed by atoms with Gasteiger partial charge in [-0.05, 0) is 43.2 Å². The van der Waals surface area contributed by atoms with E-state index in [1.54, 1.807) is 0 Å². The molecule has 2 aromatic heterocycles. The first-order valence-electron chi connectivity index (χ1n) is 10.4. The molecule has 0 unspecified atom stereocenters. The number of nitrogens with one attached hydrogen (secondary N) is 3. The van der Waals surface area contributed by atoms with Crippen LogP contribution in [0.1, 0.15) is 22.2 Å². The third-order valence-electron chi connectivity index (χ3n) is 5.28. The van der Waals surface area contributed by atoms with Crippen LogP contribution in [0.15, 0.2) is 36.4 Å². The predicted molar refractivity (Wildman–Crippen MR) is 126 cm³/mol. The van der Waals surface area contributed by atoms with Crippen LogP contribution in [0.5, 0.6) is 0 Å². The molecule has 0 radical (unpaired) electrons. The highest BCUT2D eigenvalue weighted by atomic mass is 32.1. The molecule has 7 nitrogen and oxygen atoms in total. The van der Waals surface area contributed by atoms with Crippen molar-refractivity contribution in [3.05, 3.63) is 46.8 Å². The van der Waals surface area contributed by atoms with Gasteiger partial charge in [-0.2, -0.15) is 0 Å². The summed E-state index contributed by atoms with van der Waals surface area (Å²) in [4.78, 5) is 20.9. The Morgan fingerprint density at radius 3 is 2.70 bits per heavy atom. The van der Waals surface area contributed by atoms with Crippen LogP contribution in [-0.4, -0.2) is 50.2 Å². The monoisotopic (exact) mass is 424 g/mol. The van der Waals surface area contributed by atoms with Gasteiger partial charge in [0.2, 0.25) is 0 Å². The second kappa shape index (κ2) is 9.32. The van der Waals surface area contributed by atoms with E-state index in [4.69, 9.17) is 5.73 Å². The molecule has 0 saturated carbocycles. The van der Waals surface area contributed by atoms with Crippen LogP contribution in [0.3, 0.4) is 0 Å². The minimum Gasteiger partial charge on any atom is -0.397 e. The van der Waals surface area contributed by atoms with Crippen LogP contribution in [0.2, 0.25) is 0 Å². The zero-order valence-corrected chi connectivity index (χ0v) is 18.0. The zero-order chi connectivity index (χ0) is 20.9. The molecule has 1 aromatic carbocycles. The smallest absolute Gasteiger partial charge is 0.263 e. The SMILES string of the molecule is CCNc1ccc2c(N)c(C(=O)NCCc3ccc(N4CCNCC4)cc3)sc2n1. The summed E-state index contributed by atoms with van der Waals surface area (Å²) in [6.07, 6.45) is 0.779. The minimum absolute atomic E-state index is 0.141. The van der Waals surface area contributed by atoms with Crippen LogP contribution < -0.4 is 26.6 Å². The number of amides is 1. The number of hydrogen-bond acceptors (Lipinski definition) is 7. The number of nitrogens with two attached hydrogens (primary N) is 1. The number of aromatic nitrogens is 1. The van der Waals surface area contributed by atoms with Crippen molar-refractivity contribution in [1.82, 2.24) is 15.6 Å². The number of piperazine rings is 1. The molecule has 158 valence electrons. The van der Waals surface area contributed by atoms with Crippen molar-refractivity contribution in [1.29, 1.82) is 0 Å². The topological polar surface area (TPSA) is 95.3 Å². The lowest BCUT2D eigenvalue weighted by Gasteiger charge is -2.29. The second-order valence-electron chi connectivity index (χ2n) is 7.33. The lowest BCUT2D eigenvalue weighted by atomic mass is 10.1. The van der Waals surface area contributed by atoms with Gasteiger partial charge in [0.1, 0.15) is 15.5 Å². The molecule has 0 aliphatic carbocycles. The number of nitrogen functional groups attached to an aromatic ring is 1. The maximum Gasteiger partial charge on any atom is 0.263 e. The van der Waals surface area contributed by atoms with Crippen molar-refractivity contribution in [2.45, 2.75) is 13.3 Å². The van der Waals surface area contributed by atoms with Gasteiger partial charge in [-0.15, -0.1) is 11.3 Å². The predicted octanol–water partition coefficient (Wildman–Crippen LogP) is 2.69. The number of anilines is 3. The molecule has 30 heavy (non-hydrogen) atoms. The fourth-order valence-corrected chi connectivity index (χ4v) is 4.65. The number of benzene rings is 1. The molecular formula is C22H28N6OS. The molecule has 3 aromatic rings. The van der Waals surface area contributed by atoms with E-state index in [0.717, 1.165) is 55.2 Å². The first kappa shape index (κ1) is 20.4. The van der Waals surface area contributed by atoms with E-state index in [0.29, 0.717) is 17.1 Å². The fraction of sp³-hybridized carbons (Fsp3) is 0.364. The van der Waals surface area contributed by atoms with Crippen molar-refractivity contribution < 1.29 is 4.79 Å². The Bertz CT molecular complexity index is 1010. The number of carbonyl (C=O) groups is 1. The molecule has 0 bridgehead atoms. The van der Waals surface area contributed by atoms with Crippen LogP contribution >= 0.6 is 11.3 Å². The van der Waals surface area contributed by atoms with Gasteiger partial charge in [0.05, 0.1) is 5.69 Å². The summed E-state index contributed by atoms with van der Waals surface area (Å²) in [5.74, 6) is 0.653. The van der Waals surface area contributed by atoms with Gasteiger partial charge in [-0.25, -0.2) is 4.98 Å². The fourth-order valence-electron chi connectivity index (χ4n) is 3.64. The van der Waals surface area contributed by atoms with E-state index >= 15 is 0 Å². The summed E-state index contributed by atoms with van der Waals surface area (Å²) in [6, 6.07) is 12.4. The number of fused-ring (bicyclic) bond motifs is 1. The Morgan fingerprint density at radius 1 is 1.20 bits per heavy atom. The van der Waals surface area contributed by atoms with Crippen LogP contribution in [0.25, 0.3) is 10.2 Å². The molecule has 1 fully saturated rings. The van der Waals surface area contributed by atoms with Crippen molar-refractivity contribution in [2.24, 2.45) is 0 Å². The molecule has 1 amide bonds. The molecule has 3 heterocycles. The van der Waals surface area contributed by atoms with Crippen molar-refractivity contribution in [3.63, 3.8) is 0 Å². The van der Waals surface area contributed by atoms with Gasteiger partial charge in [0, 0.05) is 50.3 Å². The van der Waals surface area contributed by atoms with Gasteiger partial charge < -0.3 is 26.6 Å². The van der Waals surface area contributed by atoms with E-state index in [9.17, 15) is 4.79 Å². The first-order valence-corrected chi connectivity index (χ1v) is 11.2. The van der Waals surface area contributed by atoms with Gasteiger partial charge in [0.25, 0.3) is 5.91 Å². The van der Waals surface area contributed by atoms with E-state index in [1.807, 2.05) is 19.1 Å². The van der Waals surface area contributed by atoms with Gasteiger partial charge in [-0.3, -0.25) is 4.79 Å². The number of rotatable bonds is 7. The molecular weight excluding hydrogens is 396 g/mol. The van der Waals surface area contributed by atoms with Crippen LogP contribution in [0.4, 0.5) is 17.2 Å². The zero-order valence-electron chi connectivity index (χ0n) is 17.2. The maximum absolute atomic E-state index is 12.7. The second-order valence-corrected chi connectivity index (χ2v) is 8.33. The van der Waals surface area contributed by atoms with Crippen LogP contribution in [0, 0.1) is 0 Å². The lowest BCUT2D eigenvalue weighted by Crippen LogP contribution is -2.43. The molecule has 1 aliphatic rings. The summed E-state index contributed by atoms with van der Waals surface area (Å²) in [6.45, 7) is 7.51. The lowest BCUT2D eigenvalue weighted by molar-refractivity contribution is 0.0959. The average molecular weight is 425 g/mol. The molecule has 4 rings (SSSR count). The summed E-state index contributed by atoms with van der Waals surface area (Å²) < 4.78 is 0. The Morgan fingerprint density at radius 2 is 1.97 bits per heavy atom. The maximum atomic E-state index is 12.7. The molecule has 8 heteroatoms. The molecule has 5 N–H and O–H groups in total. The van der Waals surface area contributed by atoms with Crippen molar-refractivity contribution >= 4 is 44.7 Å². The first-order chi connectivity index (χ1) is 14.7. The average Bonchev–Trinajstić information content (AvgIpc) is 3.11. The normalized spacial score (nSPS) is 14.1. The van der Waals surface area contributed by atoms with Gasteiger partial charge in [0.15, 0.2) is 0 Å². The minimum atomic E-state index is -0.141. The Labute approximate surface area is 180 Å². The summed E-state index contributed by atoms with van der Waals surface area (Å²) in [5.41, 5.74) is 9.18. The number of carbonyl (C=O) groups excluding carboxylic acids is 1. The third-order valence-corrected chi connectivity index (χ3v) is 6.39. The highest BCUT2D eigenvalue weighted by Gasteiger charge is 2.17. The Balaban J connectivity index is 1.35. The van der Waals surface area contributed by atoms with Crippen molar-refractivity contribution in [2.75, 3.05) is 55.2 Å². The standard InChI is InChI=1S/C22H28N6OS/c1-2-25-18-8-7-17-19(23)20(30-22(17)27-18)21(29)26-10-9-15-3-5-16(6-4-15)28-13-11-24-12-14-28/h3-8,24H,2,9-14,23H2,1H3,(H,25,27)(H,26,29). The third kappa shape index (κ3) is 4.49. The number of pyridine rings is 1. The van der Waals surface area contributed by atoms with E-state index in [2.05, 4.69) is 50.1 Å². The number of hydrogen-bond donors (Lipinski definition) is 4. The summed E-state index contributed by atoms with van der Waals surface area (Å²) in [7, 11) is 0. The summed E-state index contributed by atoms with van der Waals surface area (Å²) >= 11 is 1.34. The van der Waals surface area contributed by atoms with E-state index in [-0.39, 0.29) is 5.91 Å². The van der Waals surface area contributed by atoms with E-state index < -0.39 is 0 Å². The highest BCUT2D eigenvalue weighted by Crippen LogP contribution is 2.33. The molecule has 0 atom stereocenters. The number of thiophene rings is 1. The van der Waals surface area contributed by atoms with Crippen LogP contribution in [-0.2, 0) is 6.42 Å². The Kier molecular flexibility index (Phi) is 6.35. The van der Waals surface area contributed by atoms with Gasteiger partial charge in [-0.1, -0.05) is 12.1 Å².